The number of aromatic nitrogens is 2. The number of benzene rings is 1. The van der Waals surface area contributed by atoms with Gasteiger partial charge in [-0.15, -0.1) is 0 Å². The number of hydrogen-bond donors (Lipinski definition) is 0. The van der Waals surface area contributed by atoms with E-state index in [0.717, 1.165) is 30.0 Å². The van der Waals surface area contributed by atoms with Crippen LogP contribution in [-0.4, -0.2) is 29.3 Å². The lowest BCUT2D eigenvalue weighted by atomic mass is 9.93. The predicted octanol–water partition coefficient (Wildman–Crippen LogP) is 3.59. The lowest BCUT2D eigenvalue weighted by Crippen LogP contribution is -2.34. The SMILES string of the molecule is CCN(C(=O)c1cc(C)nn1C1CCC1)c1cccc(OC)c1. The first kappa shape index (κ1) is 15.6. The zero-order valence-corrected chi connectivity index (χ0v) is 14.0. The Morgan fingerprint density at radius 3 is 2.78 bits per heavy atom. The molecule has 0 unspecified atom stereocenters. The average Bonchev–Trinajstić information content (AvgIpc) is 2.88. The summed E-state index contributed by atoms with van der Waals surface area (Å²) in [7, 11) is 1.63. The maximum absolute atomic E-state index is 13.1. The maximum atomic E-state index is 13.1. The molecule has 1 heterocycles. The first-order valence-electron chi connectivity index (χ1n) is 8.16. The van der Waals surface area contributed by atoms with E-state index in [1.807, 2.05) is 48.9 Å². The molecular weight excluding hydrogens is 290 g/mol. The highest BCUT2D eigenvalue weighted by Crippen LogP contribution is 2.33. The standard InChI is InChI=1S/C18H23N3O2/c1-4-20(15-9-6-10-16(12-15)23-3)18(22)17-11-13(2)19-21(17)14-7-5-8-14/h6,9-12,14H,4-5,7-8H2,1-3H3. The highest BCUT2D eigenvalue weighted by Gasteiger charge is 2.28. The van der Waals surface area contributed by atoms with Crippen LogP contribution in [0.15, 0.2) is 30.3 Å². The summed E-state index contributed by atoms with van der Waals surface area (Å²) in [4.78, 5) is 14.9. The van der Waals surface area contributed by atoms with Gasteiger partial charge in [-0.2, -0.15) is 5.10 Å². The molecule has 0 bridgehead atoms. The third-order valence-electron chi connectivity index (χ3n) is 4.42. The number of carbonyl (C=O) groups is 1. The van der Waals surface area contributed by atoms with Gasteiger partial charge in [-0.3, -0.25) is 9.48 Å². The molecule has 1 aromatic heterocycles. The third-order valence-corrected chi connectivity index (χ3v) is 4.42. The molecule has 2 aromatic rings. The van der Waals surface area contributed by atoms with Gasteiger partial charge in [0.15, 0.2) is 0 Å². The molecule has 0 radical (unpaired) electrons. The minimum Gasteiger partial charge on any atom is -0.497 e. The molecule has 1 amide bonds. The van der Waals surface area contributed by atoms with Crippen LogP contribution in [0.2, 0.25) is 0 Å². The van der Waals surface area contributed by atoms with Crippen molar-refractivity contribution in [3.63, 3.8) is 0 Å². The van der Waals surface area contributed by atoms with Crippen molar-refractivity contribution >= 4 is 11.6 Å². The van der Waals surface area contributed by atoms with E-state index in [1.165, 1.54) is 6.42 Å². The van der Waals surface area contributed by atoms with Crippen molar-refractivity contribution in [2.75, 3.05) is 18.6 Å². The van der Waals surface area contributed by atoms with Gasteiger partial charge in [0.1, 0.15) is 11.4 Å². The molecule has 0 saturated heterocycles. The van der Waals surface area contributed by atoms with Crippen LogP contribution < -0.4 is 9.64 Å². The Kier molecular flexibility index (Phi) is 4.37. The van der Waals surface area contributed by atoms with E-state index in [4.69, 9.17) is 4.74 Å². The normalized spacial score (nSPS) is 14.4. The molecule has 5 nitrogen and oxygen atoms in total. The summed E-state index contributed by atoms with van der Waals surface area (Å²) in [5.41, 5.74) is 2.41. The smallest absolute Gasteiger partial charge is 0.276 e. The quantitative estimate of drug-likeness (QED) is 0.847. The number of anilines is 1. The topological polar surface area (TPSA) is 47.4 Å². The summed E-state index contributed by atoms with van der Waals surface area (Å²) in [6, 6.07) is 9.86. The highest BCUT2D eigenvalue weighted by atomic mass is 16.5. The summed E-state index contributed by atoms with van der Waals surface area (Å²) in [6.07, 6.45) is 3.42. The monoisotopic (exact) mass is 313 g/mol. The van der Waals surface area contributed by atoms with E-state index >= 15 is 0 Å². The van der Waals surface area contributed by atoms with E-state index in [9.17, 15) is 4.79 Å². The predicted molar refractivity (Wildman–Crippen MR) is 90.2 cm³/mol. The lowest BCUT2D eigenvalue weighted by molar-refractivity contribution is 0.0970. The number of amides is 1. The molecule has 23 heavy (non-hydrogen) atoms. The van der Waals surface area contributed by atoms with E-state index in [1.54, 1.807) is 12.0 Å². The molecule has 0 aliphatic heterocycles. The Morgan fingerprint density at radius 2 is 2.17 bits per heavy atom. The Labute approximate surface area is 136 Å². The van der Waals surface area contributed by atoms with E-state index in [2.05, 4.69) is 5.10 Å². The molecule has 1 fully saturated rings. The Hall–Kier alpha value is -2.30. The van der Waals surface area contributed by atoms with Crippen LogP contribution in [0, 0.1) is 6.92 Å². The summed E-state index contributed by atoms with van der Waals surface area (Å²) < 4.78 is 7.19. The molecule has 0 atom stereocenters. The second kappa shape index (κ2) is 6.44. The molecule has 1 saturated carbocycles. The Balaban J connectivity index is 1.93. The average molecular weight is 313 g/mol. The minimum absolute atomic E-state index is 0.00625. The van der Waals surface area contributed by atoms with Gasteiger partial charge < -0.3 is 9.64 Å². The van der Waals surface area contributed by atoms with E-state index in [-0.39, 0.29) is 5.91 Å². The highest BCUT2D eigenvalue weighted by molar-refractivity contribution is 6.05. The molecular formula is C18H23N3O2. The van der Waals surface area contributed by atoms with Crippen LogP contribution in [0.4, 0.5) is 5.69 Å². The van der Waals surface area contributed by atoms with Crippen molar-refractivity contribution in [1.82, 2.24) is 9.78 Å². The summed E-state index contributed by atoms with van der Waals surface area (Å²) in [5, 5.41) is 4.54. The van der Waals surface area contributed by atoms with Crippen molar-refractivity contribution in [2.24, 2.45) is 0 Å². The van der Waals surface area contributed by atoms with Crippen molar-refractivity contribution < 1.29 is 9.53 Å². The van der Waals surface area contributed by atoms with Crippen LogP contribution in [0.25, 0.3) is 0 Å². The minimum atomic E-state index is -0.00625. The van der Waals surface area contributed by atoms with Crippen LogP contribution in [0.1, 0.15) is 48.4 Å². The number of carbonyl (C=O) groups excluding carboxylic acids is 1. The molecule has 3 rings (SSSR count). The first-order valence-corrected chi connectivity index (χ1v) is 8.16. The molecule has 5 heteroatoms. The fraction of sp³-hybridized carbons (Fsp3) is 0.444. The summed E-state index contributed by atoms with van der Waals surface area (Å²) in [5.74, 6) is 0.741. The number of methoxy groups -OCH3 is 1. The molecule has 122 valence electrons. The van der Waals surface area contributed by atoms with E-state index < -0.39 is 0 Å². The third kappa shape index (κ3) is 2.96. The molecule has 0 spiro atoms. The zero-order chi connectivity index (χ0) is 16.4. The van der Waals surface area contributed by atoms with Crippen LogP contribution >= 0.6 is 0 Å². The molecule has 0 N–H and O–H groups in total. The van der Waals surface area contributed by atoms with Crippen LogP contribution in [0.5, 0.6) is 5.75 Å². The van der Waals surface area contributed by atoms with Crippen molar-refractivity contribution in [3.05, 3.63) is 41.7 Å². The van der Waals surface area contributed by atoms with Gasteiger partial charge in [0, 0.05) is 18.3 Å². The molecule has 1 aromatic carbocycles. The van der Waals surface area contributed by atoms with Gasteiger partial charge in [0.2, 0.25) is 0 Å². The van der Waals surface area contributed by atoms with Crippen molar-refractivity contribution in [3.8, 4) is 5.75 Å². The Morgan fingerprint density at radius 1 is 1.39 bits per heavy atom. The maximum Gasteiger partial charge on any atom is 0.276 e. The molecule has 1 aliphatic carbocycles. The van der Waals surface area contributed by atoms with Crippen LogP contribution in [0.3, 0.4) is 0 Å². The number of hydrogen-bond acceptors (Lipinski definition) is 3. The van der Waals surface area contributed by atoms with Gasteiger partial charge in [-0.25, -0.2) is 0 Å². The molecule has 1 aliphatic rings. The van der Waals surface area contributed by atoms with E-state index in [0.29, 0.717) is 18.3 Å². The lowest BCUT2D eigenvalue weighted by Gasteiger charge is -2.29. The van der Waals surface area contributed by atoms with Crippen LogP contribution in [-0.2, 0) is 0 Å². The van der Waals surface area contributed by atoms with Gasteiger partial charge in [-0.1, -0.05) is 6.07 Å². The summed E-state index contributed by atoms with van der Waals surface area (Å²) in [6.45, 7) is 4.52. The van der Waals surface area contributed by atoms with Gasteiger partial charge in [0.25, 0.3) is 5.91 Å². The fourth-order valence-electron chi connectivity index (χ4n) is 2.95. The van der Waals surface area contributed by atoms with Crippen molar-refractivity contribution in [2.45, 2.75) is 39.2 Å². The Bertz CT molecular complexity index is 704. The number of aryl methyl sites for hydroxylation is 1. The number of nitrogens with zero attached hydrogens (tertiary/aromatic N) is 3. The number of rotatable bonds is 5. The fourth-order valence-corrected chi connectivity index (χ4v) is 2.95. The zero-order valence-electron chi connectivity index (χ0n) is 14.0. The largest absolute Gasteiger partial charge is 0.497 e. The number of ether oxygens (including phenoxy) is 1. The summed E-state index contributed by atoms with van der Waals surface area (Å²) >= 11 is 0. The van der Waals surface area contributed by atoms with Gasteiger partial charge in [-0.05, 0) is 51.3 Å². The van der Waals surface area contributed by atoms with Crippen molar-refractivity contribution in [1.29, 1.82) is 0 Å². The van der Waals surface area contributed by atoms with Gasteiger partial charge in [0.05, 0.1) is 18.8 Å². The second-order valence-electron chi connectivity index (χ2n) is 5.95. The second-order valence-corrected chi connectivity index (χ2v) is 5.95. The van der Waals surface area contributed by atoms with Gasteiger partial charge >= 0.3 is 0 Å². The first-order chi connectivity index (χ1) is 11.1.